The summed E-state index contributed by atoms with van der Waals surface area (Å²) in [4.78, 5) is 23.7. The van der Waals surface area contributed by atoms with Crippen LogP contribution in [0, 0.1) is 11.8 Å². The van der Waals surface area contributed by atoms with Gasteiger partial charge in [0.1, 0.15) is 5.01 Å². The number of aromatic nitrogens is 2. The van der Waals surface area contributed by atoms with Crippen molar-refractivity contribution >= 4 is 28.3 Å². The quantitative estimate of drug-likeness (QED) is 0.898. The van der Waals surface area contributed by atoms with E-state index in [9.17, 15) is 14.7 Å². The molecule has 2 atom stereocenters. The van der Waals surface area contributed by atoms with E-state index in [1.54, 1.807) is 0 Å². The highest BCUT2D eigenvalue weighted by Gasteiger charge is 2.36. The molecule has 2 N–H and O–H groups in total. The third kappa shape index (κ3) is 3.56. The predicted molar refractivity (Wildman–Crippen MR) is 87.1 cm³/mol. The summed E-state index contributed by atoms with van der Waals surface area (Å²) in [5, 5.41) is 21.2. The number of carboxylic acids is 1. The molecule has 0 saturated heterocycles. The van der Waals surface area contributed by atoms with Gasteiger partial charge >= 0.3 is 5.97 Å². The van der Waals surface area contributed by atoms with Gasteiger partial charge in [-0.25, -0.2) is 0 Å². The Hall–Kier alpha value is -2.28. The van der Waals surface area contributed by atoms with Crippen LogP contribution in [-0.4, -0.2) is 27.2 Å². The second-order valence-electron chi connectivity index (χ2n) is 5.60. The molecule has 23 heavy (non-hydrogen) atoms. The Bertz CT molecular complexity index is 702. The van der Waals surface area contributed by atoms with Crippen LogP contribution in [0.3, 0.4) is 0 Å². The first-order valence-corrected chi connectivity index (χ1v) is 8.39. The van der Waals surface area contributed by atoms with Gasteiger partial charge < -0.3 is 10.4 Å². The first kappa shape index (κ1) is 15.6. The van der Waals surface area contributed by atoms with Crippen molar-refractivity contribution in [3.05, 3.63) is 30.3 Å². The van der Waals surface area contributed by atoms with Crippen molar-refractivity contribution in [2.45, 2.75) is 25.7 Å². The van der Waals surface area contributed by atoms with Crippen LogP contribution in [-0.2, 0) is 9.59 Å². The van der Waals surface area contributed by atoms with Crippen LogP contribution >= 0.6 is 11.3 Å². The Morgan fingerprint density at radius 3 is 2.48 bits per heavy atom. The van der Waals surface area contributed by atoms with Crippen LogP contribution < -0.4 is 5.32 Å². The van der Waals surface area contributed by atoms with E-state index in [0.717, 1.165) is 23.4 Å². The molecule has 2 unspecified atom stereocenters. The number of anilines is 1. The Morgan fingerprint density at radius 1 is 1.09 bits per heavy atom. The Labute approximate surface area is 137 Å². The minimum atomic E-state index is -0.896. The number of nitrogens with zero attached hydrogens (tertiary/aromatic N) is 2. The maximum Gasteiger partial charge on any atom is 0.307 e. The lowest BCUT2D eigenvalue weighted by Crippen LogP contribution is -2.36. The molecule has 6 nitrogen and oxygen atoms in total. The SMILES string of the molecule is O=C(O)C1CCCCC1C(=O)Nc1nnc(-c2ccccc2)s1. The number of aliphatic carboxylic acids is 1. The van der Waals surface area contributed by atoms with Gasteiger partial charge in [-0.05, 0) is 12.8 Å². The lowest BCUT2D eigenvalue weighted by atomic mass is 9.79. The van der Waals surface area contributed by atoms with Crippen LogP contribution in [0.2, 0.25) is 0 Å². The maximum absolute atomic E-state index is 12.4. The van der Waals surface area contributed by atoms with E-state index >= 15 is 0 Å². The second kappa shape index (κ2) is 6.87. The molecule has 3 rings (SSSR count). The topological polar surface area (TPSA) is 92.2 Å². The van der Waals surface area contributed by atoms with E-state index in [4.69, 9.17) is 0 Å². The molecule has 2 aromatic rings. The van der Waals surface area contributed by atoms with Crippen molar-refractivity contribution < 1.29 is 14.7 Å². The molecule has 0 bridgehead atoms. The average molecular weight is 331 g/mol. The van der Waals surface area contributed by atoms with E-state index in [-0.39, 0.29) is 5.91 Å². The van der Waals surface area contributed by atoms with Gasteiger partial charge in [-0.1, -0.05) is 54.5 Å². The second-order valence-corrected chi connectivity index (χ2v) is 6.58. The number of carbonyl (C=O) groups excluding carboxylic acids is 1. The van der Waals surface area contributed by atoms with E-state index in [1.807, 2.05) is 30.3 Å². The minimum Gasteiger partial charge on any atom is -0.481 e. The van der Waals surface area contributed by atoms with E-state index in [1.165, 1.54) is 11.3 Å². The molecule has 1 aromatic carbocycles. The van der Waals surface area contributed by atoms with Crippen LogP contribution in [0.15, 0.2) is 30.3 Å². The number of benzene rings is 1. The van der Waals surface area contributed by atoms with Crippen molar-refractivity contribution in [3.8, 4) is 10.6 Å². The van der Waals surface area contributed by atoms with Crippen molar-refractivity contribution in [2.75, 3.05) is 5.32 Å². The summed E-state index contributed by atoms with van der Waals surface area (Å²) >= 11 is 1.29. The van der Waals surface area contributed by atoms with Gasteiger partial charge in [-0.2, -0.15) is 0 Å². The molecule has 1 aliphatic rings. The highest BCUT2D eigenvalue weighted by Crippen LogP contribution is 2.32. The zero-order valence-electron chi connectivity index (χ0n) is 12.4. The van der Waals surface area contributed by atoms with Crippen molar-refractivity contribution in [1.82, 2.24) is 10.2 Å². The van der Waals surface area contributed by atoms with Gasteiger partial charge in [0, 0.05) is 5.56 Å². The smallest absolute Gasteiger partial charge is 0.307 e. The molecule has 1 aliphatic carbocycles. The van der Waals surface area contributed by atoms with Crippen LogP contribution in [0.1, 0.15) is 25.7 Å². The van der Waals surface area contributed by atoms with Gasteiger partial charge in [0.15, 0.2) is 0 Å². The van der Waals surface area contributed by atoms with Gasteiger partial charge in [0.05, 0.1) is 11.8 Å². The molecule has 1 fully saturated rings. The van der Waals surface area contributed by atoms with Gasteiger partial charge in [-0.3, -0.25) is 9.59 Å². The summed E-state index contributed by atoms with van der Waals surface area (Å²) in [7, 11) is 0. The fourth-order valence-electron chi connectivity index (χ4n) is 2.91. The Kier molecular flexibility index (Phi) is 4.66. The zero-order chi connectivity index (χ0) is 16.2. The lowest BCUT2D eigenvalue weighted by Gasteiger charge is -2.26. The molecule has 1 heterocycles. The zero-order valence-corrected chi connectivity index (χ0v) is 13.3. The molecule has 7 heteroatoms. The fourth-order valence-corrected chi connectivity index (χ4v) is 3.66. The fraction of sp³-hybridized carbons (Fsp3) is 0.375. The minimum absolute atomic E-state index is 0.270. The summed E-state index contributed by atoms with van der Waals surface area (Å²) in [6, 6.07) is 9.59. The molecule has 1 amide bonds. The molecule has 0 spiro atoms. The van der Waals surface area contributed by atoms with Gasteiger partial charge in [-0.15, -0.1) is 10.2 Å². The van der Waals surface area contributed by atoms with Gasteiger partial charge in [0.2, 0.25) is 11.0 Å². The number of hydrogen-bond donors (Lipinski definition) is 2. The Balaban J connectivity index is 1.70. The molecule has 1 saturated carbocycles. The summed E-state index contributed by atoms with van der Waals surface area (Å²) in [6.07, 6.45) is 2.90. The van der Waals surface area contributed by atoms with Crippen LogP contribution in [0.25, 0.3) is 10.6 Å². The highest BCUT2D eigenvalue weighted by atomic mass is 32.1. The number of carbonyl (C=O) groups is 2. The van der Waals surface area contributed by atoms with Crippen molar-refractivity contribution in [1.29, 1.82) is 0 Å². The first-order valence-electron chi connectivity index (χ1n) is 7.58. The summed E-state index contributed by atoms with van der Waals surface area (Å²) in [5.41, 5.74) is 0.937. The number of rotatable bonds is 4. The van der Waals surface area contributed by atoms with E-state index < -0.39 is 17.8 Å². The molecule has 1 aromatic heterocycles. The highest BCUT2D eigenvalue weighted by molar-refractivity contribution is 7.18. The van der Waals surface area contributed by atoms with Gasteiger partial charge in [0.25, 0.3) is 0 Å². The molecule has 120 valence electrons. The number of amides is 1. The molecular formula is C16H17N3O3S. The standard InChI is InChI=1S/C16H17N3O3S/c20-13(11-8-4-5-9-12(11)15(21)22)17-16-19-18-14(23-16)10-6-2-1-3-7-10/h1-3,6-7,11-12H,4-5,8-9H2,(H,21,22)(H,17,19,20). The molecular weight excluding hydrogens is 314 g/mol. The largest absolute Gasteiger partial charge is 0.481 e. The van der Waals surface area contributed by atoms with Crippen LogP contribution in [0.5, 0.6) is 0 Å². The summed E-state index contributed by atoms with van der Waals surface area (Å²) in [5.74, 6) is -2.27. The van der Waals surface area contributed by atoms with E-state index in [2.05, 4.69) is 15.5 Å². The number of hydrogen-bond acceptors (Lipinski definition) is 5. The maximum atomic E-state index is 12.4. The predicted octanol–water partition coefficient (Wildman–Crippen LogP) is 3.03. The molecule has 0 aliphatic heterocycles. The first-order chi connectivity index (χ1) is 11.1. The number of nitrogens with one attached hydrogen (secondary N) is 1. The van der Waals surface area contributed by atoms with Crippen molar-refractivity contribution in [2.24, 2.45) is 11.8 Å². The van der Waals surface area contributed by atoms with E-state index in [0.29, 0.717) is 18.0 Å². The third-order valence-corrected chi connectivity index (χ3v) is 4.98. The monoisotopic (exact) mass is 331 g/mol. The van der Waals surface area contributed by atoms with Crippen molar-refractivity contribution in [3.63, 3.8) is 0 Å². The lowest BCUT2D eigenvalue weighted by molar-refractivity contribution is -0.147. The molecule has 0 radical (unpaired) electrons. The van der Waals surface area contributed by atoms with Crippen LogP contribution in [0.4, 0.5) is 5.13 Å². The third-order valence-electron chi connectivity index (χ3n) is 4.10. The summed E-state index contributed by atoms with van der Waals surface area (Å²) in [6.45, 7) is 0. The Morgan fingerprint density at radius 2 is 1.78 bits per heavy atom. The summed E-state index contributed by atoms with van der Waals surface area (Å²) < 4.78 is 0. The number of carboxylic acid groups (broad SMARTS) is 1. The average Bonchev–Trinajstić information content (AvgIpc) is 3.04. The normalized spacial score (nSPS) is 20.9.